The second-order valence-corrected chi connectivity index (χ2v) is 4.40. The largest absolute Gasteiger partial charge is 0.497 e. The van der Waals surface area contributed by atoms with Crippen molar-refractivity contribution in [3.8, 4) is 11.5 Å². The van der Waals surface area contributed by atoms with Crippen LogP contribution in [0, 0.1) is 5.41 Å². The summed E-state index contributed by atoms with van der Waals surface area (Å²) in [7, 11) is 2.72. The van der Waals surface area contributed by atoms with E-state index in [1.165, 1.54) is 6.92 Å². The fraction of sp³-hybridized carbons (Fsp3) is 0.429. The summed E-state index contributed by atoms with van der Waals surface area (Å²) in [5.74, 6) is -0.753. The average molecular weight is 282 g/mol. The number of rotatable bonds is 7. The van der Waals surface area contributed by atoms with Gasteiger partial charge in [0.1, 0.15) is 11.5 Å². The monoisotopic (exact) mass is 282 g/mol. The number of carbonyl (C=O) groups is 2. The summed E-state index contributed by atoms with van der Waals surface area (Å²) in [5, 5.41) is 9.13. The highest BCUT2D eigenvalue weighted by atomic mass is 16.5. The van der Waals surface area contributed by atoms with Crippen molar-refractivity contribution in [1.82, 2.24) is 0 Å². The molecule has 0 aliphatic heterocycles. The molecule has 6 nitrogen and oxygen atoms in total. The molecule has 110 valence electrons. The van der Waals surface area contributed by atoms with Gasteiger partial charge in [-0.25, -0.2) is 0 Å². The third-order valence-electron chi connectivity index (χ3n) is 3.04. The molecule has 1 rings (SSSR count). The number of carboxylic acids is 1. The summed E-state index contributed by atoms with van der Waals surface area (Å²) in [6, 6.07) is 6.86. The van der Waals surface area contributed by atoms with Gasteiger partial charge in [0, 0.05) is 6.42 Å². The van der Waals surface area contributed by atoms with Gasteiger partial charge in [-0.05, 0) is 31.2 Å². The van der Waals surface area contributed by atoms with E-state index in [-0.39, 0.29) is 13.0 Å². The van der Waals surface area contributed by atoms with Crippen LogP contribution in [0.3, 0.4) is 0 Å². The Morgan fingerprint density at radius 3 is 2.15 bits per heavy atom. The van der Waals surface area contributed by atoms with E-state index in [9.17, 15) is 9.59 Å². The van der Waals surface area contributed by atoms with Gasteiger partial charge in [0.15, 0.2) is 5.41 Å². The van der Waals surface area contributed by atoms with Gasteiger partial charge in [0.2, 0.25) is 0 Å². The van der Waals surface area contributed by atoms with Crippen LogP contribution in [-0.4, -0.2) is 37.9 Å². The van der Waals surface area contributed by atoms with Crippen molar-refractivity contribution < 1.29 is 28.9 Å². The van der Waals surface area contributed by atoms with Crippen LogP contribution in [0.25, 0.3) is 0 Å². The van der Waals surface area contributed by atoms with Crippen LogP contribution in [0.15, 0.2) is 24.3 Å². The number of carbonyl (C=O) groups excluding carboxylic acids is 1. The van der Waals surface area contributed by atoms with Gasteiger partial charge in [0.25, 0.3) is 0 Å². The van der Waals surface area contributed by atoms with E-state index < -0.39 is 17.4 Å². The van der Waals surface area contributed by atoms with Crippen LogP contribution in [0.5, 0.6) is 11.5 Å². The van der Waals surface area contributed by atoms with Gasteiger partial charge in [-0.1, -0.05) is 0 Å². The Morgan fingerprint density at radius 2 is 1.70 bits per heavy atom. The third-order valence-corrected chi connectivity index (χ3v) is 3.04. The first-order valence-electron chi connectivity index (χ1n) is 6.02. The average Bonchev–Trinajstić information content (AvgIpc) is 2.46. The topological polar surface area (TPSA) is 82.1 Å². The molecule has 0 saturated carbocycles. The van der Waals surface area contributed by atoms with Gasteiger partial charge < -0.3 is 19.3 Å². The maximum Gasteiger partial charge on any atom is 0.323 e. The summed E-state index contributed by atoms with van der Waals surface area (Å²) >= 11 is 0. The molecule has 0 radical (unpaired) electrons. The second kappa shape index (κ2) is 6.79. The van der Waals surface area contributed by atoms with E-state index in [1.54, 1.807) is 31.4 Å². The lowest BCUT2D eigenvalue weighted by Gasteiger charge is -2.21. The minimum Gasteiger partial charge on any atom is -0.497 e. The number of benzene rings is 1. The van der Waals surface area contributed by atoms with Crippen molar-refractivity contribution in [3.05, 3.63) is 24.3 Å². The Balaban J connectivity index is 2.60. The van der Waals surface area contributed by atoms with E-state index in [4.69, 9.17) is 14.6 Å². The molecule has 1 aromatic carbocycles. The molecule has 1 aromatic rings. The molecule has 1 atom stereocenters. The Hall–Kier alpha value is -2.24. The number of methoxy groups -OCH3 is 2. The van der Waals surface area contributed by atoms with Crippen LogP contribution in [0.1, 0.15) is 13.3 Å². The van der Waals surface area contributed by atoms with E-state index in [0.717, 1.165) is 7.11 Å². The van der Waals surface area contributed by atoms with E-state index in [1.807, 2.05) is 0 Å². The molecule has 0 bridgehead atoms. The van der Waals surface area contributed by atoms with Crippen LogP contribution in [0.2, 0.25) is 0 Å². The Kier molecular flexibility index (Phi) is 5.37. The maximum absolute atomic E-state index is 11.5. The molecule has 1 N–H and O–H groups in total. The van der Waals surface area contributed by atoms with Crippen LogP contribution < -0.4 is 9.47 Å². The summed E-state index contributed by atoms with van der Waals surface area (Å²) in [4.78, 5) is 22.7. The highest BCUT2D eigenvalue weighted by Crippen LogP contribution is 2.25. The van der Waals surface area contributed by atoms with Crippen LogP contribution in [0.4, 0.5) is 0 Å². The predicted octanol–water partition coefficient (Wildman–Crippen LogP) is 1.73. The van der Waals surface area contributed by atoms with Crippen molar-refractivity contribution in [1.29, 1.82) is 0 Å². The fourth-order valence-electron chi connectivity index (χ4n) is 1.57. The zero-order valence-electron chi connectivity index (χ0n) is 11.7. The zero-order chi connectivity index (χ0) is 15.2. The molecule has 0 saturated heterocycles. The molecule has 6 heteroatoms. The van der Waals surface area contributed by atoms with Crippen molar-refractivity contribution in [2.45, 2.75) is 13.3 Å². The van der Waals surface area contributed by atoms with Gasteiger partial charge in [-0.15, -0.1) is 0 Å². The Labute approximate surface area is 117 Å². The summed E-state index contributed by atoms with van der Waals surface area (Å²) in [6.45, 7) is 1.41. The normalized spacial score (nSPS) is 13.2. The molecule has 20 heavy (non-hydrogen) atoms. The second-order valence-electron chi connectivity index (χ2n) is 4.40. The molecule has 0 spiro atoms. The molecule has 0 aliphatic rings. The highest BCUT2D eigenvalue weighted by Gasteiger charge is 2.42. The molecule has 0 aromatic heterocycles. The van der Waals surface area contributed by atoms with Gasteiger partial charge in [-0.2, -0.15) is 0 Å². The van der Waals surface area contributed by atoms with Crippen molar-refractivity contribution in [3.63, 3.8) is 0 Å². The number of esters is 1. The number of aliphatic carboxylic acids is 1. The van der Waals surface area contributed by atoms with Crippen LogP contribution in [-0.2, 0) is 14.3 Å². The SMILES string of the molecule is COC(=O)C(C)(CCOc1ccc(OC)cc1)C(=O)O. The molecule has 0 fully saturated rings. The Bertz CT molecular complexity index is 467. The molecular weight excluding hydrogens is 264 g/mol. The van der Waals surface area contributed by atoms with Gasteiger partial charge in [-0.3, -0.25) is 9.59 Å². The van der Waals surface area contributed by atoms with E-state index >= 15 is 0 Å². The minimum atomic E-state index is -1.61. The lowest BCUT2D eigenvalue weighted by atomic mass is 9.87. The number of hydrogen-bond acceptors (Lipinski definition) is 5. The highest BCUT2D eigenvalue weighted by molar-refractivity contribution is 5.98. The summed E-state index contributed by atoms with van der Waals surface area (Å²) < 4.78 is 14.9. The lowest BCUT2D eigenvalue weighted by molar-refractivity contribution is -0.166. The summed E-state index contributed by atoms with van der Waals surface area (Å²) in [6.07, 6.45) is 0.0149. The first kappa shape index (κ1) is 15.8. The number of hydrogen-bond donors (Lipinski definition) is 1. The zero-order valence-corrected chi connectivity index (χ0v) is 11.7. The smallest absolute Gasteiger partial charge is 0.323 e. The van der Waals surface area contributed by atoms with Crippen molar-refractivity contribution >= 4 is 11.9 Å². The standard InChI is InChI=1S/C14H18O6/c1-14(12(15)16,13(17)19-3)8-9-20-11-6-4-10(18-2)5-7-11/h4-7H,8-9H2,1-3H3,(H,15,16). The van der Waals surface area contributed by atoms with E-state index in [2.05, 4.69) is 4.74 Å². The molecule has 0 amide bonds. The van der Waals surface area contributed by atoms with Crippen LogP contribution >= 0.6 is 0 Å². The summed E-state index contributed by atoms with van der Waals surface area (Å²) in [5.41, 5.74) is -1.61. The lowest BCUT2D eigenvalue weighted by Crippen LogP contribution is -2.38. The quantitative estimate of drug-likeness (QED) is 0.606. The fourth-order valence-corrected chi connectivity index (χ4v) is 1.57. The van der Waals surface area contributed by atoms with Crippen molar-refractivity contribution in [2.24, 2.45) is 5.41 Å². The Morgan fingerprint density at radius 1 is 1.15 bits per heavy atom. The maximum atomic E-state index is 11.5. The van der Waals surface area contributed by atoms with E-state index in [0.29, 0.717) is 11.5 Å². The van der Waals surface area contributed by atoms with Gasteiger partial charge in [0.05, 0.1) is 20.8 Å². The van der Waals surface area contributed by atoms with Gasteiger partial charge >= 0.3 is 11.9 Å². The first-order chi connectivity index (χ1) is 9.43. The molecule has 1 unspecified atom stereocenters. The molecule has 0 aliphatic carbocycles. The third kappa shape index (κ3) is 3.63. The predicted molar refractivity (Wildman–Crippen MR) is 70.9 cm³/mol. The number of carboxylic acid groups (broad SMARTS) is 1. The minimum absolute atomic E-state index is 0.0149. The first-order valence-corrected chi connectivity index (χ1v) is 6.02. The molecule has 0 heterocycles. The number of ether oxygens (including phenoxy) is 3. The van der Waals surface area contributed by atoms with Crippen molar-refractivity contribution in [2.75, 3.05) is 20.8 Å². The molecular formula is C14H18O6.